The summed E-state index contributed by atoms with van der Waals surface area (Å²) in [5.41, 5.74) is 2.64. The van der Waals surface area contributed by atoms with Gasteiger partial charge in [-0.05, 0) is 48.6 Å². The first-order valence-corrected chi connectivity index (χ1v) is 9.35. The average Bonchev–Trinajstić information content (AvgIpc) is 2.63. The SMILES string of the molecule is O=C(Cc1cccc(Cl)c1)N1CCC2(CC1)Cc1ccccc1NC2=O. The highest BCUT2D eigenvalue weighted by atomic mass is 35.5. The standard InChI is InChI=1S/C21H21ClN2O2/c22-17-6-3-4-15(12-17)13-19(25)24-10-8-21(9-11-24)14-16-5-1-2-7-18(16)23-20(21)26/h1-7,12H,8-11,13-14H2,(H,23,26). The van der Waals surface area contributed by atoms with Gasteiger partial charge in [-0.1, -0.05) is 41.9 Å². The number of likely N-dealkylation sites (tertiary alicyclic amines) is 1. The molecule has 0 unspecified atom stereocenters. The number of amides is 2. The third-order valence-electron chi connectivity index (χ3n) is 5.59. The van der Waals surface area contributed by atoms with Gasteiger partial charge in [0.2, 0.25) is 11.8 Å². The summed E-state index contributed by atoms with van der Waals surface area (Å²) in [7, 11) is 0. The molecule has 1 N–H and O–H groups in total. The summed E-state index contributed by atoms with van der Waals surface area (Å²) in [6.45, 7) is 1.24. The molecule has 1 spiro atoms. The largest absolute Gasteiger partial charge is 0.342 e. The van der Waals surface area contributed by atoms with E-state index in [4.69, 9.17) is 11.6 Å². The fraction of sp³-hybridized carbons (Fsp3) is 0.333. The van der Waals surface area contributed by atoms with Crippen LogP contribution in [0.25, 0.3) is 0 Å². The van der Waals surface area contributed by atoms with Crippen LogP contribution in [0.1, 0.15) is 24.0 Å². The van der Waals surface area contributed by atoms with Crippen molar-refractivity contribution in [1.82, 2.24) is 4.90 Å². The number of rotatable bonds is 2. The Labute approximate surface area is 158 Å². The number of fused-ring (bicyclic) bond motifs is 1. The van der Waals surface area contributed by atoms with Gasteiger partial charge in [-0.3, -0.25) is 9.59 Å². The molecule has 2 aliphatic heterocycles. The van der Waals surface area contributed by atoms with Crippen molar-refractivity contribution in [1.29, 1.82) is 0 Å². The number of nitrogens with zero attached hydrogens (tertiary/aromatic N) is 1. The minimum atomic E-state index is -0.388. The summed E-state index contributed by atoms with van der Waals surface area (Å²) in [5, 5.41) is 3.70. The lowest BCUT2D eigenvalue weighted by molar-refractivity contribution is -0.137. The van der Waals surface area contributed by atoms with Crippen molar-refractivity contribution in [2.75, 3.05) is 18.4 Å². The van der Waals surface area contributed by atoms with Crippen LogP contribution in [0.4, 0.5) is 5.69 Å². The summed E-state index contributed by atoms with van der Waals surface area (Å²) in [6, 6.07) is 15.4. The number of anilines is 1. The van der Waals surface area contributed by atoms with Crippen molar-refractivity contribution < 1.29 is 9.59 Å². The molecule has 5 heteroatoms. The Morgan fingerprint density at radius 2 is 1.88 bits per heavy atom. The maximum atomic E-state index is 12.7. The summed E-state index contributed by atoms with van der Waals surface area (Å²) >= 11 is 6.00. The van der Waals surface area contributed by atoms with Gasteiger partial charge in [0.25, 0.3) is 0 Å². The zero-order valence-corrected chi connectivity index (χ0v) is 15.3. The third kappa shape index (κ3) is 3.21. The van der Waals surface area contributed by atoms with Gasteiger partial charge in [0.1, 0.15) is 0 Å². The van der Waals surface area contributed by atoms with Crippen molar-refractivity contribution in [3.05, 3.63) is 64.7 Å². The molecule has 26 heavy (non-hydrogen) atoms. The van der Waals surface area contributed by atoms with E-state index >= 15 is 0 Å². The van der Waals surface area contributed by atoms with Crippen LogP contribution >= 0.6 is 11.6 Å². The second-order valence-corrected chi connectivity index (χ2v) is 7.69. The molecule has 4 rings (SSSR count). The average molecular weight is 369 g/mol. The van der Waals surface area contributed by atoms with Crippen molar-refractivity contribution in [2.45, 2.75) is 25.7 Å². The Morgan fingerprint density at radius 3 is 2.65 bits per heavy atom. The number of nitrogens with one attached hydrogen (secondary N) is 1. The van der Waals surface area contributed by atoms with Crippen LogP contribution in [0, 0.1) is 5.41 Å². The number of hydrogen-bond donors (Lipinski definition) is 1. The number of carbonyl (C=O) groups is 2. The minimum absolute atomic E-state index is 0.0955. The highest BCUT2D eigenvalue weighted by Gasteiger charge is 2.44. The molecule has 1 fully saturated rings. The van der Waals surface area contributed by atoms with Gasteiger partial charge in [-0.25, -0.2) is 0 Å². The molecular formula is C21H21ClN2O2. The molecule has 0 aromatic heterocycles. The Morgan fingerprint density at radius 1 is 1.12 bits per heavy atom. The molecule has 134 valence electrons. The number of halogens is 1. The van der Waals surface area contributed by atoms with Gasteiger partial charge in [0, 0.05) is 23.8 Å². The van der Waals surface area contributed by atoms with E-state index < -0.39 is 0 Å². The summed E-state index contributed by atoms with van der Waals surface area (Å²) in [4.78, 5) is 27.2. The molecule has 1 saturated heterocycles. The van der Waals surface area contributed by atoms with E-state index in [9.17, 15) is 9.59 Å². The van der Waals surface area contributed by atoms with Gasteiger partial charge in [-0.15, -0.1) is 0 Å². The van der Waals surface area contributed by atoms with Gasteiger partial charge in [0.05, 0.1) is 11.8 Å². The highest BCUT2D eigenvalue weighted by molar-refractivity contribution is 6.30. The fourth-order valence-electron chi connectivity index (χ4n) is 4.02. The van der Waals surface area contributed by atoms with Crippen LogP contribution < -0.4 is 5.32 Å². The monoisotopic (exact) mass is 368 g/mol. The number of carbonyl (C=O) groups excluding carboxylic acids is 2. The van der Waals surface area contributed by atoms with E-state index in [-0.39, 0.29) is 17.2 Å². The number of hydrogen-bond acceptors (Lipinski definition) is 2. The molecule has 0 aliphatic carbocycles. The second-order valence-electron chi connectivity index (χ2n) is 7.26. The zero-order valence-electron chi connectivity index (χ0n) is 14.5. The lowest BCUT2D eigenvalue weighted by Gasteiger charge is -2.43. The molecule has 0 saturated carbocycles. The lowest BCUT2D eigenvalue weighted by Crippen LogP contribution is -2.51. The maximum absolute atomic E-state index is 12.7. The van der Waals surface area contributed by atoms with E-state index in [1.807, 2.05) is 41.3 Å². The van der Waals surface area contributed by atoms with Crippen molar-refractivity contribution >= 4 is 29.1 Å². The summed E-state index contributed by atoms with van der Waals surface area (Å²) < 4.78 is 0. The number of piperidine rings is 1. The maximum Gasteiger partial charge on any atom is 0.231 e. The van der Waals surface area contributed by atoms with E-state index in [0.29, 0.717) is 37.4 Å². The van der Waals surface area contributed by atoms with Crippen LogP contribution in [-0.2, 0) is 22.4 Å². The first-order chi connectivity index (χ1) is 12.6. The third-order valence-corrected chi connectivity index (χ3v) is 5.83. The van der Waals surface area contributed by atoms with E-state index in [1.54, 1.807) is 6.07 Å². The molecule has 2 aliphatic rings. The zero-order chi connectivity index (χ0) is 18.1. The lowest BCUT2D eigenvalue weighted by atomic mass is 9.71. The minimum Gasteiger partial charge on any atom is -0.342 e. The first-order valence-electron chi connectivity index (χ1n) is 8.97. The molecule has 2 aromatic carbocycles. The highest BCUT2D eigenvalue weighted by Crippen LogP contribution is 2.41. The topological polar surface area (TPSA) is 49.4 Å². The Kier molecular flexibility index (Phi) is 4.45. The van der Waals surface area contributed by atoms with Gasteiger partial charge >= 0.3 is 0 Å². The molecule has 2 aromatic rings. The van der Waals surface area contributed by atoms with Crippen LogP contribution in [0.3, 0.4) is 0 Å². The molecule has 2 heterocycles. The second kappa shape index (κ2) is 6.76. The van der Waals surface area contributed by atoms with Crippen molar-refractivity contribution in [3.8, 4) is 0 Å². The predicted molar refractivity (Wildman–Crippen MR) is 102 cm³/mol. The fourth-order valence-corrected chi connectivity index (χ4v) is 4.23. The first kappa shape index (κ1) is 17.1. The van der Waals surface area contributed by atoms with Crippen molar-refractivity contribution in [3.63, 3.8) is 0 Å². The molecule has 4 nitrogen and oxygen atoms in total. The molecule has 2 amide bonds. The van der Waals surface area contributed by atoms with Crippen LogP contribution in [-0.4, -0.2) is 29.8 Å². The van der Waals surface area contributed by atoms with Crippen LogP contribution in [0.2, 0.25) is 5.02 Å². The molecular weight excluding hydrogens is 348 g/mol. The smallest absolute Gasteiger partial charge is 0.231 e. The van der Waals surface area contributed by atoms with Crippen molar-refractivity contribution in [2.24, 2.45) is 5.41 Å². The molecule has 0 bridgehead atoms. The van der Waals surface area contributed by atoms with Gasteiger partial charge < -0.3 is 10.2 Å². The normalized spacial score (nSPS) is 18.3. The Balaban J connectivity index is 1.42. The Hall–Kier alpha value is -2.33. The molecule has 0 radical (unpaired) electrons. The van der Waals surface area contributed by atoms with Gasteiger partial charge in [0.15, 0.2) is 0 Å². The number of benzene rings is 2. The quantitative estimate of drug-likeness (QED) is 0.878. The summed E-state index contributed by atoms with van der Waals surface area (Å²) in [6.07, 6.45) is 2.51. The van der Waals surface area contributed by atoms with E-state index in [1.165, 1.54) is 5.56 Å². The predicted octanol–water partition coefficient (Wildman–Crippen LogP) is 3.69. The molecule has 0 atom stereocenters. The van der Waals surface area contributed by atoms with Crippen LogP contribution in [0.5, 0.6) is 0 Å². The summed E-state index contributed by atoms with van der Waals surface area (Å²) in [5.74, 6) is 0.192. The van der Waals surface area contributed by atoms with Crippen LogP contribution in [0.15, 0.2) is 48.5 Å². The van der Waals surface area contributed by atoms with E-state index in [0.717, 1.165) is 17.7 Å². The van der Waals surface area contributed by atoms with E-state index in [2.05, 4.69) is 11.4 Å². The number of para-hydroxylation sites is 1. The van der Waals surface area contributed by atoms with Gasteiger partial charge in [-0.2, -0.15) is 0 Å². The Bertz CT molecular complexity index is 857.